The summed E-state index contributed by atoms with van der Waals surface area (Å²) >= 11 is 1.31. The van der Waals surface area contributed by atoms with Crippen LogP contribution in [0.4, 0.5) is 11.5 Å². The number of nitrogens with one attached hydrogen (secondary N) is 1. The minimum absolute atomic E-state index is 0.00834. The number of hydrogen-bond donors (Lipinski definition) is 1. The summed E-state index contributed by atoms with van der Waals surface area (Å²) < 4.78 is 0. The molecule has 8 nitrogen and oxygen atoms in total. The van der Waals surface area contributed by atoms with E-state index in [9.17, 15) is 9.59 Å². The Labute approximate surface area is 191 Å². The number of nitrogens with zero attached hydrogens (tertiary/aromatic N) is 5. The topological polar surface area (TPSA) is 91.3 Å². The van der Waals surface area contributed by atoms with Crippen LogP contribution in [0.1, 0.15) is 39.0 Å². The standard InChI is InChI=1S/C23H26N6O2S/c1-16(2)15-20-26-27-22(32-20)21(30)25-18-8-6-17(7-9-18)23(31)29-13-11-28(12-14-29)19-5-3-4-10-24-19/h3-10,16H,11-15H2,1-2H3,(H,25,30). The predicted molar refractivity (Wildman–Crippen MR) is 125 cm³/mol. The quantitative estimate of drug-likeness (QED) is 0.619. The average Bonchev–Trinajstić information content (AvgIpc) is 3.28. The second-order valence-electron chi connectivity index (χ2n) is 8.10. The molecule has 1 fully saturated rings. The Balaban J connectivity index is 1.32. The smallest absolute Gasteiger partial charge is 0.286 e. The summed E-state index contributed by atoms with van der Waals surface area (Å²) in [4.78, 5) is 33.7. The molecule has 0 bridgehead atoms. The molecule has 9 heteroatoms. The van der Waals surface area contributed by atoms with Crippen LogP contribution in [0, 0.1) is 5.92 Å². The highest BCUT2D eigenvalue weighted by atomic mass is 32.1. The van der Waals surface area contributed by atoms with Crippen molar-refractivity contribution in [2.75, 3.05) is 36.4 Å². The molecule has 1 aliphatic rings. The van der Waals surface area contributed by atoms with Gasteiger partial charge in [0.1, 0.15) is 10.8 Å². The molecule has 1 N–H and O–H groups in total. The first-order valence-corrected chi connectivity index (χ1v) is 11.5. The summed E-state index contributed by atoms with van der Waals surface area (Å²) in [6.07, 6.45) is 2.58. The molecule has 2 amide bonds. The zero-order chi connectivity index (χ0) is 22.5. The van der Waals surface area contributed by atoms with Crippen molar-refractivity contribution in [1.82, 2.24) is 20.1 Å². The second-order valence-corrected chi connectivity index (χ2v) is 9.16. The van der Waals surface area contributed by atoms with Gasteiger partial charge in [-0.1, -0.05) is 31.3 Å². The van der Waals surface area contributed by atoms with Crippen molar-refractivity contribution in [3.8, 4) is 0 Å². The van der Waals surface area contributed by atoms with Crippen molar-refractivity contribution in [2.24, 2.45) is 5.92 Å². The van der Waals surface area contributed by atoms with Crippen molar-refractivity contribution in [2.45, 2.75) is 20.3 Å². The van der Waals surface area contributed by atoms with Crippen molar-refractivity contribution in [3.05, 3.63) is 64.2 Å². The molecule has 2 aromatic heterocycles. The van der Waals surface area contributed by atoms with Crippen molar-refractivity contribution in [1.29, 1.82) is 0 Å². The molecule has 4 rings (SSSR count). The fraction of sp³-hybridized carbons (Fsp3) is 0.348. The molecule has 32 heavy (non-hydrogen) atoms. The molecule has 1 saturated heterocycles. The summed E-state index contributed by atoms with van der Waals surface area (Å²) in [5.74, 6) is 1.10. The van der Waals surface area contributed by atoms with Crippen LogP contribution in [0.25, 0.3) is 0 Å². The van der Waals surface area contributed by atoms with Crippen LogP contribution >= 0.6 is 11.3 Å². The highest BCUT2D eigenvalue weighted by Crippen LogP contribution is 2.18. The zero-order valence-corrected chi connectivity index (χ0v) is 19.0. The number of piperazine rings is 1. The first-order chi connectivity index (χ1) is 15.5. The van der Waals surface area contributed by atoms with Crippen LogP contribution in [-0.2, 0) is 6.42 Å². The van der Waals surface area contributed by atoms with E-state index in [-0.39, 0.29) is 11.8 Å². The van der Waals surface area contributed by atoms with E-state index in [2.05, 4.69) is 39.2 Å². The normalized spacial score (nSPS) is 14.0. The Hall–Kier alpha value is -3.33. The largest absolute Gasteiger partial charge is 0.353 e. The SMILES string of the molecule is CC(C)Cc1nnc(C(=O)Nc2ccc(C(=O)N3CCN(c4ccccn4)CC3)cc2)s1. The van der Waals surface area contributed by atoms with Crippen LogP contribution in [0.15, 0.2) is 48.7 Å². The number of amides is 2. The number of benzene rings is 1. The summed E-state index contributed by atoms with van der Waals surface area (Å²) in [5, 5.41) is 12.1. The van der Waals surface area contributed by atoms with Gasteiger partial charge in [-0.25, -0.2) is 4.98 Å². The summed E-state index contributed by atoms with van der Waals surface area (Å²) in [5.41, 5.74) is 1.22. The fourth-order valence-corrected chi connectivity index (χ4v) is 4.47. The maximum Gasteiger partial charge on any atom is 0.286 e. The molecular weight excluding hydrogens is 424 g/mol. The minimum atomic E-state index is -0.290. The molecular formula is C23H26N6O2S. The molecule has 166 valence electrons. The number of rotatable bonds is 6. The van der Waals surface area contributed by atoms with E-state index < -0.39 is 0 Å². The van der Waals surface area contributed by atoms with Gasteiger partial charge < -0.3 is 15.1 Å². The van der Waals surface area contributed by atoms with Crippen molar-refractivity contribution >= 4 is 34.7 Å². The molecule has 0 radical (unpaired) electrons. The van der Waals surface area contributed by atoms with Crippen LogP contribution < -0.4 is 10.2 Å². The summed E-state index contributed by atoms with van der Waals surface area (Å²) in [6, 6.07) is 12.8. The van der Waals surface area contributed by atoms with E-state index in [1.165, 1.54) is 11.3 Å². The second kappa shape index (κ2) is 9.86. The van der Waals surface area contributed by atoms with Crippen molar-refractivity contribution < 1.29 is 9.59 Å². The van der Waals surface area contributed by atoms with E-state index in [1.54, 1.807) is 30.5 Å². The minimum Gasteiger partial charge on any atom is -0.353 e. The van der Waals surface area contributed by atoms with Crippen LogP contribution in [-0.4, -0.2) is 58.1 Å². The molecule has 1 aromatic carbocycles. The lowest BCUT2D eigenvalue weighted by Crippen LogP contribution is -2.49. The molecule has 0 unspecified atom stereocenters. The Morgan fingerprint density at radius 1 is 1.03 bits per heavy atom. The maximum atomic E-state index is 12.9. The van der Waals surface area contributed by atoms with Crippen LogP contribution in [0.3, 0.4) is 0 Å². The first-order valence-electron chi connectivity index (χ1n) is 10.7. The fourth-order valence-electron chi connectivity index (χ4n) is 3.52. The lowest BCUT2D eigenvalue weighted by molar-refractivity contribution is 0.0746. The van der Waals surface area contributed by atoms with Crippen LogP contribution in [0.5, 0.6) is 0 Å². The van der Waals surface area contributed by atoms with E-state index in [1.807, 2.05) is 23.1 Å². The average molecular weight is 451 g/mol. The monoisotopic (exact) mass is 450 g/mol. The molecule has 3 heterocycles. The Morgan fingerprint density at radius 2 is 1.78 bits per heavy atom. The van der Waals surface area contributed by atoms with Gasteiger partial charge in [0, 0.05) is 50.0 Å². The molecule has 0 aliphatic carbocycles. The van der Waals surface area contributed by atoms with Gasteiger partial charge in [-0.3, -0.25) is 9.59 Å². The Morgan fingerprint density at radius 3 is 2.44 bits per heavy atom. The lowest BCUT2D eigenvalue weighted by Gasteiger charge is -2.35. The number of aromatic nitrogens is 3. The number of pyridine rings is 1. The third kappa shape index (κ3) is 5.28. The van der Waals surface area contributed by atoms with E-state index in [4.69, 9.17) is 0 Å². The number of anilines is 2. The molecule has 3 aromatic rings. The third-order valence-corrected chi connectivity index (χ3v) is 6.12. The van der Waals surface area contributed by atoms with Gasteiger partial charge in [-0.05, 0) is 42.3 Å². The van der Waals surface area contributed by atoms with Gasteiger partial charge in [-0.15, -0.1) is 10.2 Å². The Kier molecular flexibility index (Phi) is 6.75. The first kappa shape index (κ1) is 21.9. The van der Waals surface area contributed by atoms with Gasteiger partial charge in [0.05, 0.1) is 0 Å². The molecule has 0 atom stereocenters. The maximum absolute atomic E-state index is 12.9. The summed E-state index contributed by atoms with van der Waals surface area (Å²) in [7, 11) is 0. The lowest BCUT2D eigenvalue weighted by atomic mass is 10.1. The molecule has 0 saturated carbocycles. The van der Waals surface area contributed by atoms with Gasteiger partial charge in [0.2, 0.25) is 5.01 Å². The zero-order valence-electron chi connectivity index (χ0n) is 18.2. The van der Waals surface area contributed by atoms with E-state index in [0.29, 0.717) is 35.3 Å². The number of carbonyl (C=O) groups excluding carboxylic acids is 2. The van der Waals surface area contributed by atoms with Gasteiger partial charge >= 0.3 is 0 Å². The highest BCUT2D eigenvalue weighted by Gasteiger charge is 2.23. The number of hydrogen-bond acceptors (Lipinski definition) is 7. The van der Waals surface area contributed by atoms with E-state index >= 15 is 0 Å². The molecule has 0 spiro atoms. The predicted octanol–water partition coefficient (Wildman–Crippen LogP) is 3.35. The summed E-state index contributed by atoms with van der Waals surface area (Å²) in [6.45, 7) is 6.98. The molecule has 1 aliphatic heterocycles. The number of carbonyl (C=O) groups is 2. The van der Waals surface area contributed by atoms with Crippen LogP contribution in [0.2, 0.25) is 0 Å². The van der Waals surface area contributed by atoms with Gasteiger partial charge in [-0.2, -0.15) is 0 Å². The Bertz CT molecular complexity index is 1060. The van der Waals surface area contributed by atoms with E-state index in [0.717, 1.165) is 30.3 Å². The third-order valence-electron chi connectivity index (χ3n) is 5.17. The highest BCUT2D eigenvalue weighted by molar-refractivity contribution is 7.13. The van der Waals surface area contributed by atoms with Gasteiger partial charge in [0.25, 0.3) is 11.8 Å². The van der Waals surface area contributed by atoms with Crippen molar-refractivity contribution in [3.63, 3.8) is 0 Å². The van der Waals surface area contributed by atoms with Gasteiger partial charge in [0.15, 0.2) is 0 Å².